The van der Waals surface area contributed by atoms with Crippen molar-refractivity contribution >= 4 is 17.5 Å². The van der Waals surface area contributed by atoms with Gasteiger partial charge in [0, 0.05) is 31.7 Å². The number of rotatable bonds is 7. The zero-order chi connectivity index (χ0) is 16.8. The summed E-state index contributed by atoms with van der Waals surface area (Å²) >= 11 is 0. The van der Waals surface area contributed by atoms with Gasteiger partial charge in [-0.05, 0) is 31.6 Å². The number of aryl methyl sites for hydroxylation is 1. The van der Waals surface area contributed by atoms with Crippen LogP contribution in [-0.2, 0) is 9.59 Å². The monoisotopic (exact) mass is 317 g/mol. The molecule has 0 aromatic heterocycles. The van der Waals surface area contributed by atoms with Crippen LogP contribution in [-0.4, -0.2) is 49.4 Å². The predicted octanol–water partition coefficient (Wildman–Crippen LogP) is 1.81. The normalized spacial score (nSPS) is 17.8. The van der Waals surface area contributed by atoms with Gasteiger partial charge in [-0.3, -0.25) is 9.59 Å². The molecule has 1 atom stereocenters. The number of nitrogens with zero attached hydrogens (tertiary/aromatic N) is 2. The van der Waals surface area contributed by atoms with Crippen LogP contribution in [0.25, 0.3) is 0 Å². The van der Waals surface area contributed by atoms with E-state index in [4.69, 9.17) is 0 Å². The van der Waals surface area contributed by atoms with Crippen molar-refractivity contribution in [3.8, 4) is 0 Å². The molecule has 23 heavy (non-hydrogen) atoms. The third-order valence-electron chi connectivity index (χ3n) is 4.52. The van der Waals surface area contributed by atoms with Gasteiger partial charge in [0.1, 0.15) is 0 Å². The Morgan fingerprint density at radius 3 is 2.65 bits per heavy atom. The summed E-state index contributed by atoms with van der Waals surface area (Å²) in [4.78, 5) is 28.6. The summed E-state index contributed by atoms with van der Waals surface area (Å²) in [5, 5.41) is 2.97. The van der Waals surface area contributed by atoms with Gasteiger partial charge in [0.2, 0.25) is 11.8 Å². The van der Waals surface area contributed by atoms with Gasteiger partial charge < -0.3 is 15.1 Å². The minimum Gasteiger partial charge on any atom is -0.355 e. The number of carbonyl (C=O) groups excluding carboxylic acids is 2. The second-order valence-electron chi connectivity index (χ2n) is 6.01. The van der Waals surface area contributed by atoms with Crippen molar-refractivity contribution in [1.29, 1.82) is 0 Å². The number of carbonyl (C=O) groups is 2. The van der Waals surface area contributed by atoms with E-state index in [0.29, 0.717) is 19.5 Å². The minimum atomic E-state index is -0.251. The molecule has 0 spiro atoms. The Morgan fingerprint density at radius 1 is 1.30 bits per heavy atom. The molecule has 2 amide bonds. The van der Waals surface area contributed by atoms with Crippen LogP contribution >= 0.6 is 0 Å². The Hall–Kier alpha value is -1.88. The van der Waals surface area contributed by atoms with Gasteiger partial charge in [-0.25, -0.2) is 0 Å². The van der Waals surface area contributed by atoms with Crippen LogP contribution in [0.15, 0.2) is 24.3 Å². The maximum Gasteiger partial charge on any atom is 0.227 e. The van der Waals surface area contributed by atoms with Gasteiger partial charge in [0.05, 0.1) is 5.92 Å². The van der Waals surface area contributed by atoms with E-state index in [1.807, 2.05) is 31.2 Å². The van der Waals surface area contributed by atoms with Crippen molar-refractivity contribution in [3.63, 3.8) is 0 Å². The Balaban J connectivity index is 1.89. The quantitative estimate of drug-likeness (QED) is 0.834. The third kappa shape index (κ3) is 4.32. The second kappa shape index (κ2) is 8.11. The van der Waals surface area contributed by atoms with Crippen LogP contribution in [0.2, 0.25) is 0 Å². The first-order valence-electron chi connectivity index (χ1n) is 8.42. The minimum absolute atomic E-state index is 0.0124. The molecule has 0 aliphatic carbocycles. The molecule has 1 aliphatic heterocycles. The predicted molar refractivity (Wildman–Crippen MR) is 92.4 cm³/mol. The van der Waals surface area contributed by atoms with Crippen LogP contribution in [0.1, 0.15) is 25.8 Å². The first-order chi connectivity index (χ1) is 11.1. The molecule has 1 unspecified atom stereocenters. The molecule has 0 saturated carbocycles. The van der Waals surface area contributed by atoms with Gasteiger partial charge in [-0.15, -0.1) is 0 Å². The summed E-state index contributed by atoms with van der Waals surface area (Å²) < 4.78 is 0. The molecule has 1 aromatic carbocycles. The fourth-order valence-electron chi connectivity index (χ4n) is 3.00. The number of nitrogens with one attached hydrogen (secondary N) is 1. The highest BCUT2D eigenvalue weighted by molar-refractivity contribution is 6.00. The molecule has 1 heterocycles. The average molecular weight is 317 g/mol. The number of anilines is 1. The Morgan fingerprint density at radius 2 is 2.00 bits per heavy atom. The molecule has 1 saturated heterocycles. The SMILES string of the molecule is CCN(CC)CCNC(=O)C1CC(=O)N(c2ccccc2C)C1. The zero-order valence-electron chi connectivity index (χ0n) is 14.3. The van der Waals surface area contributed by atoms with E-state index >= 15 is 0 Å². The summed E-state index contributed by atoms with van der Waals surface area (Å²) in [6.45, 7) is 10.1. The molecule has 1 aromatic rings. The van der Waals surface area contributed by atoms with Gasteiger partial charge in [-0.1, -0.05) is 32.0 Å². The van der Waals surface area contributed by atoms with Crippen LogP contribution in [0.4, 0.5) is 5.69 Å². The van der Waals surface area contributed by atoms with Crippen molar-refractivity contribution in [2.45, 2.75) is 27.2 Å². The lowest BCUT2D eigenvalue weighted by atomic mass is 10.1. The second-order valence-corrected chi connectivity index (χ2v) is 6.01. The number of likely N-dealkylation sites (N-methyl/N-ethyl adjacent to an activating group) is 1. The molecular formula is C18H27N3O2. The molecule has 1 N–H and O–H groups in total. The molecule has 5 heteroatoms. The molecule has 5 nitrogen and oxygen atoms in total. The van der Waals surface area contributed by atoms with Crippen molar-refractivity contribution in [2.24, 2.45) is 5.92 Å². The lowest BCUT2D eigenvalue weighted by Gasteiger charge is -2.20. The summed E-state index contributed by atoms with van der Waals surface area (Å²) in [5.74, 6) is -0.233. The summed E-state index contributed by atoms with van der Waals surface area (Å²) in [5.41, 5.74) is 1.97. The van der Waals surface area contributed by atoms with Gasteiger partial charge >= 0.3 is 0 Å². The van der Waals surface area contributed by atoms with Crippen molar-refractivity contribution < 1.29 is 9.59 Å². The van der Waals surface area contributed by atoms with Crippen LogP contribution in [0, 0.1) is 12.8 Å². The van der Waals surface area contributed by atoms with Crippen LogP contribution in [0.5, 0.6) is 0 Å². The molecule has 0 bridgehead atoms. The topological polar surface area (TPSA) is 52.7 Å². The van der Waals surface area contributed by atoms with Gasteiger partial charge in [0.25, 0.3) is 0 Å². The number of hydrogen-bond donors (Lipinski definition) is 1. The highest BCUT2D eigenvalue weighted by atomic mass is 16.2. The summed E-state index contributed by atoms with van der Waals surface area (Å²) in [6, 6.07) is 7.80. The highest BCUT2D eigenvalue weighted by Crippen LogP contribution is 2.27. The van der Waals surface area contributed by atoms with E-state index in [1.165, 1.54) is 0 Å². The van der Waals surface area contributed by atoms with Crippen molar-refractivity contribution in [1.82, 2.24) is 10.2 Å². The van der Waals surface area contributed by atoms with E-state index in [2.05, 4.69) is 24.1 Å². The standard InChI is InChI=1S/C18H27N3O2/c1-4-20(5-2)11-10-19-18(23)15-12-17(22)21(13-15)16-9-7-6-8-14(16)3/h6-9,15H,4-5,10-13H2,1-3H3,(H,19,23). The van der Waals surface area contributed by atoms with E-state index in [-0.39, 0.29) is 17.7 Å². The molecule has 2 rings (SSSR count). The number of para-hydroxylation sites is 1. The lowest BCUT2D eigenvalue weighted by molar-refractivity contribution is -0.126. The Bertz CT molecular complexity index is 555. The van der Waals surface area contributed by atoms with E-state index < -0.39 is 0 Å². The fourth-order valence-corrected chi connectivity index (χ4v) is 3.00. The number of amides is 2. The van der Waals surface area contributed by atoms with Crippen LogP contribution in [0.3, 0.4) is 0 Å². The maximum atomic E-state index is 12.3. The largest absolute Gasteiger partial charge is 0.355 e. The molecule has 0 radical (unpaired) electrons. The summed E-state index contributed by atoms with van der Waals surface area (Å²) in [7, 11) is 0. The number of benzene rings is 1. The van der Waals surface area contributed by atoms with E-state index in [9.17, 15) is 9.59 Å². The first kappa shape index (κ1) is 17.5. The lowest BCUT2D eigenvalue weighted by Crippen LogP contribution is -2.38. The van der Waals surface area contributed by atoms with Gasteiger partial charge in [-0.2, -0.15) is 0 Å². The van der Waals surface area contributed by atoms with Gasteiger partial charge in [0.15, 0.2) is 0 Å². The molecule has 1 fully saturated rings. The highest BCUT2D eigenvalue weighted by Gasteiger charge is 2.35. The molecular weight excluding hydrogens is 290 g/mol. The first-order valence-corrected chi connectivity index (χ1v) is 8.42. The third-order valence-corrected chi connectivity index (χ3v) is 4.52. The van der Waals surface area contributed by atoms with E-state index in [1.54, 1.807) is 4.90 Å². The zero-order valence-corrected chi connectivity index (χ0v) is 14.3. The Labute approximate surface area is 138 Å². The summed E-state index contributed by atoms with van der Waals surface area (Å²) in [6.07, 6.45) is 0.297. The maximum absolute atomic E-state index is 12.3. The number of hydrogen-bond acceptors (Lipinski definition) is 3. The molecule has 1 aliphatic rings. The van der Waals surface area contributed by atoms with Crippen molar-refractivity contribution in [2.75, 3.05) is 37.6 Å². The van der Waals surface area contributed by atoms with Crippen LogP contribution < -0.4 is 10.2 Å². The Kier molecular flexibility index (Phi) is 6.16. The molecule has 126 valence electrons. The van der Waals surface area contributed by atoms with Crippen molar-refractivity contribution in [3.05, 3.63) is 29.8 Å². The smallest absolute Gasteiger partial charge is 0.227 e. The fraction of sp³-hybridized carbons (Fsp3) is 0.556. The van der Waals surface area contributed by atoms with E-state index in [0.717, 1.165) is 30.9 Å². The average Bonchev–Trinajstić information content (AvgIpc) is 2.94.